The smallest absolute Gasteiger partial charge is 0.430 e. The van der Waals surface area contributed by atoms with Crippen LogP contribution in [0, 0.1) is 6.92 Å². The molecule has 0 heterocycles. The van der Waals surface area contributed by atoms with Crippen molar-refractivity contribution in [3.63, 3.8) is 0 Å². The molecule has 27 heavy (non-hydrogen) atoms. The van der Waals surface area contributed by atoms with E-state index in [1.807, 2.05) is 0 Å². The second kappa shape index (κ2) is 9.28. The monoisotopic (exact) mass is 390 g/mol. The Morgan fingerprint density at radius 3 is 1.41 bits per heavy atom. The van der Waals surface area contributed by atoms with Gasteiger partial charge >= 0.3 is 6.18 Å². The molecule has 2 nitrogen and oxygen atoms in total. The van der Waals surface area contributed by atoms with Crippen LogP contribution in [0.1, 0.15) is 5.56 Å². The van der Waals surface area contributed by atoms with Gasteiger partial charge in [0.1, 0.15) is 5.97 Å². The Kier molecular flexibility index (Phi) is 7.07. The molecule has 0 aliphatic carbocycles. The lowest BCUT2D eigenvalue weighted by Crippen LogP contribution is -2.37. The van der Waals surface area contributed by atoms with E-state index in [-0.39, 0.29) is 10.9 Å². The number of hydrogen-bond donors (Lipinski definition) is 0. The zero-order valence-electron chi connectivity index (χ0n) is 14.4. The fourth-order valence-electron chi connectivity index (χ4n) is 2.20. The Balaban J connectivity index is 0.000000321. The minimum absolute atomic E-state index is 0.0229. The van der Waals surface area contributed by atoms with Crippen molar-refractivity contribution in [2.45, 2.75) is 27.8 Å². The molecule has 0 N–H and O–H groups in total. The van der Waals surface area contributed by atoms with Crippen molar-refractivity contribution < 1.29 is 23.1 Å². The van der Waals surface area contributed by atoms with E-state index in [0.29, 0.717) is 0 Å². The maximum absolute atomic E-state index is 10.5. The Morgan fingerprint density at radius 1 is 0.741 bits per heavy atom. The number of benzene rings is 3. The lowest BCUT2D eigenvalue weighted by Gasteiger charge is -2.07. The number of hydrogen-bond acceptors (Lipinski definition) is 2. The maximum Gasteiger partial charge on any atom is 0.430 e. The molecule has 0 saturated heterocycles. The van der Waals surface area contributed by atoms with Gasteiger partial charge in [0.05, 0.1) is 10.9 Å². The molecular weight excluding hydrogens is 373 g/mol. The number of carbonyl (C=O) groups excluding carboxylic acids is 1. The van der Waals surface area contributed by atoms with Gasteiger partial charge in [0.25, 0.3) is 0 Å². The first kappa shape index (κ1) is 20.6. The molecular formula is C21H17F3O2S. The first-order chi connectivity index (χ1) is 12.8. The largest absolute Gasteiger partial charge is 0.542 e. The van der Waals surface area contributed by atoms with Gasteiger partial charge in [0.15, 0.2) is 14.7 Å². The van der Waals surface area contributed by atoms with Crippen molar-refractivity contribution in [3.05, 3.63) is 90.5 Å². The number of aliphatic carboxylic acids is 1. The molecule has 0 aliphatic heterocycles. The first-order valence-corrected chi connectivity index (χ1v) is 9.21. The zero-order chi connectivity index (χ0) is 19.9. The number of carboxylic acid groups (broad SMARTS) is 1. The van der Waals surface area contributed by atoms with Gasteiger partial charge in [-0.15, -0.1) is 0 Å². The van der Waals surface area contributed by atoms with E-state index >= 15 is 0 Å². The van der Waals surface area contributed by atoms with E-state index < -0.39 is 12.1 Å². The van der Waals surface area contributed by atoms with Crippen LogP contribution < -0.4 is 5.11 Å². The zero-order valence-corrected chi connectivity index (χ0v) is 15.3. The molecule has 0 fully saturated rings. The van der Waals surface area contributed by atoms with Crippen LogP contribution in [-0.4, -0.2) is 12.1 Å². The number of alkyl halides is 3. The summed E-state index contributed by atoms with van der Waals surface area (Å²) in [5.41, 5.74) is 1.30. The maximum atomic E-state index is 10.5. The number of halogens is 3. The standard InChI is InChI=1S/C19H17S.C2HF3O2/c1-16-12-14-19(15-13-16)20(17-8-4-2-5-9-17)18-10-6-3-7-11-18;3-2(4,5)1(6)7/h2-15H,1H3;(H,6,7)/q+1;/p-1. The molecule has 0 spiro atoms. The highest BCUT2D eigenvalue weighted by molar-refractivity contribution is 7.97. The summed E-state index contributed by atoms with van der Waals surface area (Å²) in [7, 11) is -0.0229. The summed E-state index contributed by atoms with van der Waals surface area (Å²) in [5, 5.41) is 8.78. The predicted molar refractivity (Wildman–Crippen MR) is 97.3 cm³/mol. The van der Waals surface area contributed by atoms with Gasteiger partial charge < -0.3 is 9.90 Å². The number of aryl methyl sites for hydroxylation is 1. The van der Waals surface area contributed by atoms with Gasteiger partial charge in [-0.25, -0.2) is 0 Å². The fourth-order valence-corrected chi connectivity index (χ4v) is 4.28. The van der Waals surface area contributed by atoms with E-state index in [4.69, 9.17) is 9.90 Å². The number of carbonyl (C=O) groups is 1. The van der Waals surface area contributed by atoms with Crippen LogP contribution in [0.5, 0.6) is 0 Å². The van der Waals surface area contributed by atoms with Gasteiger partial charge in [-0.05, 0) is 43.3 Å². The molecule has 3 aromatic rings. The lowest BCUT2D eigenvalue weighted by molar-refractivity contribution is -0.344. The second-order valence-electron chi connectivity index (χ2n) is 5.53. The second-order valence-corrected chi connectivity index (χ2v) is 7.56. The molecule has 0 bridgehead atoms. The van der Waals surface area contributed by atoms with Crippen molar-refractivity contribution >= 4 is 16.9 Å². The summed E-state index contributed by atoms with van der Waals surface area (Å²) < 4.78 is 31.5. The van der Waals surface area contributed by atoms with Gasteiger partial charge in [-0.2, -0.15) is 13.2 Å². The number of carboxylic acids is 1. The topological polar surface area (TPSA) is 40.1 Å². The van der Waals surface area contributed by atoms with Crippen LogP contribution in [-0.2, 0) is 15.7 Å². The van der Waals surface area contributed by atoms with E-state index in [1.165, 1.54) is 20.2 Å². The predicted octanol–water partition coefficient (Wildman–Crippen LogP) is 4.39. The van der Waals surface area contributed by atoms with Crippen LogP contribution in [0.2, 0.25) is 0 Å². The highest BCUT2D eigenvalue weighted by Gasteiger charge is 2.29. The Bertz CT molecular complexity index is 809. The Labute approximate surface area is 158 Å². The molecule has 0 atom stereocenters. The summed E-state index contributed by atoms with van der Waals surface area (Å²) in [6.07, 6.45) is -5.19. The summed E-state index contributed by atoms with van der Waals surface area (Å²) >= 11 is 0. The van der Waals surface area contributed by atoms with Crippen LogP contribution in [0.3, 0.4) is 0 Å². The quantitative estimate of drug-likeness (QED) is 0.623. The Hall–Kier alpha value is -2.73. The molecule has 6 heteroatoms. The molecule has 140 valence electrons. The minimum atomic E-state index is -5.19. The normalized spacial score (nSPS) is 10.9. The van der Waals surface area contributed by atoms with E-state index in [2.05, 4.69) is 91.9 Å². The van der Waals surface area contributed by atoms with Crippen LogP contribution in [0.25, 0.3) is 0 Å². The molecule has 0 amide bonds. The first-order valence-electron chi connectivity index (χ1n) is 7.98. The van der Waals surface area contributed by atoms with Crippen LogP contribution in [0.15, 0.2) is 99.6 Å². The molecule has 0 saturated carbocycles. The molecule has 3 rings (SSSR count). The highest BCUT2D eigenvalue weighted by Crippen LogP contribution is 2.30. The van der Waals surface area contributed by atoms with E-state index in [0.717, 1.165) is 0 Å². The molecule has 3 aromatic carbocycles. The molecule has 0 aliphatic rings. The summed E-state index contributed by atoms with van der Waals surface area (Å²) in [6, 6.07) is 30.4. The van der Waals surface area contributed by atoms with Gasteiger partial charge in [-0.3, -0.25) is 0 Å². The van der Waals surface area contributed by atoms with Gasteiger partial charge in [0, 0.05) is 0 Å². The van der Waals surface area contributed by atoms with Crippen molar-refractivity contribution in [1.82, 2.24) is 0 Å². The van der Waals surface area contributed by atoms with Gasteiger partial charge in [-0.1, -0.05) is 54.1 Å². The molecule has 0 radical (unpaired) electrons. The third-order valence-electron chi connectivity index (χ3n) is 3.45. The summed E-state index contributed by atoms with van der Waals surface area (Å²) in [5.74, 6) is -3.01. The third kappa shape index (κ3) is 6.18. The average Bonchev–Trinajstić information content (AvgIpc) is 2.65. The van der Waals surface area contributed by atoms with Crippen LogP contribution in [0.4, 0.5) is 13.2 Å². The molecule has 0 unspecified atom stereocenters. The molecule has 0 aromatic heterocycles. The van der Waals surface area contributed by atoms with Crippen LogP contribution >= 0.6 is 0 Å². The number of rotatable bonds is 3. The minimum Gasteiger partial charge on any atom is -0.542 e. The Morgan fingerprint density at radius 2 is 1.07 bits per heavy atom. The van der Waals surface area contributed by atoms with E-state index in [1.54, 1.807) is 0 Å². The van der Waals surface area contributed by atoms with Crippen molar-refractivity contribution in [2.75, 3.05) is 0 Å². The van der Waals surface area contributed by atoms with Crippen molar-refractivity contribution in [1.29, 1.82) is 0 Å². The van der Waals surface area contributed by atoms with Crippen molar-refractivity contribution in [3.8, 4) is 0 Å². The summed E-state index contributed by atoms with van der Waals surface area (Å²) in [4.78, 5) is 12.9. The fraction of sp³-hybridized carbons (Fsp3) is 0.0952. The third-order valence-corrected chi connectivity index (χ3v) is 5.68. The lowest BCUT2D eigenvalue weighted by atomic mass is 10.2. The highest BCUT2D eigenvalue weighted by atomic mass is 32.2. The average molecular weight is 390 g/mol. The van der Waals surface area contributed by atoms with E-state index in [9.17, 15) is 13.2 Å². The van der Waals surface area contributed by atoms with Gasteiger partial charge in [0.2, 0.25) is 0 Å². The van der Waals surface area contributed by atoms with Crippen molar-refractivity contribution in [2.24, 2.45) is 0 Å². The SMILES string of the molecule is Cc1ccc([S+](c2ccccc2)c2ccccc2)cc1.O=C([O-])C(F)(F)F. The summed E-state index contributed by atoms with van der Waals surface area (Å²) in [6.45, 7) is 2.13.